The van der Waals surface area contributed by atoms with E-state index in [0.29, 0.717) is 5.69 Å². The maximum Gasteiger partial charge on any atom is 0.292 e. The van der Waals surface area contributed by atoms with Gasteiger partial charge in [0.25, 0.3) is 11.6 Å². The molecule has 26 heavy (non-hydrogen) atoms. The Bertz CT molecular complexity index is 900. The van der Waals surface area contributed by atoms with E-state index in [4.69, 9.17) is 0 Å². The smallest absolute Gasteiger partial charge is 0.292 e. The first kappa shape index (κ1) is 18.5. The molecule has 2 aromatic carbocycles. The second-order valence-electron chi connectivity index (χ2n) is 5.49. The van der Waals surface area contributed by atoms with E-state index in [1.165, 1.54) is 24.4 Å². The predicted molar refractivity (Wildman–Crippen MR) is 99.8 cm³/mol. The van der Waals surface area contributed by atoms with Gasteiger partial charge in [0.2, 0.25) is 0 Å². The monoisotopic (exact) mass is 351 g/mol. The SMILES string of the molecule is CN(C)c1cccc(N/C=C(/C#N)C(=O)Nc2ccccc2[N+](=O)[O-])c1. The van der Waals surface area contributed by atoms with Gasteiger partial charge >= 0.3 is 0 Å². The lowest BCUT2D eigenvalue weighted by atomic mass is 10.2. The van der Waals surface area contributed by atoms with Gasteiger partial charge in [-0.05, 0) is 24.3 Å². The van der Waals surface area contributed by atoms with E-state index >= 15 is 0 Å². The van der Waals surface area contributed by atoms with Crippen LogP contribution in [0, 0.1) is 21.4 Å². The van der Waals surface area contributed by atoms with Gasteiger partial charge in [-0.1, -0.05) is 18.2 Å². The number of nitriles is 1. The zero-order chi connectivity index (χ0) is 19.1. The highest BCUT2D eigenvalue weighted by atomic mass is 16.6. The van der Waals surface area contributed by atoms with E-state index in [2.05, 4.69) is 10.6 Å². The van der Waals surface area contributed by atoms with Crippen LogP contribution in [0.5, 0.6) is 0 Å². The van der Waals surface area contributed by atoms with Crippen molar-refractivity contribution >= 4 is 28.7 Å². The molecule has 8 nitrogen and oxygen atoms in total. The molecule has 0 aliphatic carbocycles. The molecular formula is C18H17N5O3. The third-order valence-electron chi connectivity index (χ3n) is 3.46. The summed E-state index contributed by atoms with van der Waals surface area (Å²) < 4.78 is 0. The van der Waals surface area contributed by atoms with E-state index in [-0.39, 0.29) is 16.9 Å². The van der Waals surface area contributed by atoms with Crippen LogP contribution in [-0.2, 0) is 4.79 Å². The molecule has 0 aliphatic rings. The van der Waals surface area contributed by atoms with Crippen molar-refractivity contribution in [2.75, 3.05) is 29.6 Å². The van der Waals surface area contributed by atoms with Crippen LogP contribution in [0.4, 0.5) is 22.7 Å². The van der Waals surface area contributed by atoms with E-state index in [9.17, 15) is 20.2 Å². The van der Waals surface area contributed by atoms with Gasteiger partial charge in [0.1, 0.15) is 17.3 Å². The number of hydrogen-bond acceptors (Lipinski definition) is 6. The minimum absolute atomic E-state index is 0.0262. The summed E-state index contributed by atoms with van der Waals surface area (Å²) in [6.07, 6.45) is 1.26. The van der Waals surface area contributed by atoms with E-state index < -0.39 is 10.8 Å². The van der Waals surface area contributed by atoms with Gasteiger partial charge < -0.3 is 15.5 Å². The molecule has 2 rings (SSSR count). The van der Waals surface area contributed by atoms with Crippen molar-refractivity contribution in [2.45, 2.75) is 0 Å². The number of nitro benzene ring substituents is 1. The summed E-state index contributed by atoms with van der Waals surface area (Å²) in [6.45, 7) is 0. The van der Waals surface area contributed by atoms with Gasteiger partial charge in [0, 0.05) is 37.7 Å². The molecule has 2 aromatic rings. The van der Waals surface area contributed by atoms with Gasteiger partial charge in [-0.15, -0.1) is 0 Å². The molecule has 0 saturated heterocycles. The van der Waals surface area contributed by atoms with Crippen LogP contribution in [0.25, 0.3) is 0 Å². The van der Waals surface area contributed by atoms with Crippen molar-refractivity contribution in [3.8, 4) is 6.07 Å². The number of nitrogens with zero attached hydrogens (tertiary/aromatic N) is 3. The molecule has 132 valence electrons. The molecule has 0 radical (unpaired) electrons. The lowest BCUT2D eigenvalue weighted by molar-refractivity contribution is -0.383. The first-order valence-electron chi connectivity index (χ1n) is 7.61. The lowest BCUT2D eigenvalue weighted by Gasteiger charge is -2.13. The van der Waals surface area contributed by atoms with Crippen LogP contribution in [-0.4, -0.2) is 24.9 Å². The number of amides is 1. The molecule has 8 heteroatoms. The van der Waals surface area contributed by atoms with E-state index in [1.807, 2.05) is 37.2 Å². The molecule has 0 saturated carbocycles. The Morgan fingerprint density at radius 2 is 1.96 bits per heavy atom. The van der Waals surface area contributed by atoms with Gasteiger partial charge in [0.05, 0.1) is 4.92 Å². The molecular weight excluding hydrogens is 334 g/mol. The summed E-state index contributed by atoms with van der Waals surface area (Å²) in [5, 5.41) is 25.5. The average Bonchev–Trinajstić information content (AvgIpc) is 2.62. The Labute approximate surface area is 150 Å². The fourth-order valence-electron chi connectivity index (χ4n) is 2.11. The Balaban J connectivity index is 2.17. The normalized spacial score (nSPS) is 10.6. The van der Waals surface area contributed by atoms with E-state index in [0.717, 1.165) is 5.69 Å². The second kappa shape index (κ2) is 8.30. The molecule has 0 heterocycles. The quantitative estimate of drug-likeness (QED) is 0.358. The molecule has 0 unspecified atom stereocenters. The Morgan fingerprint density at radius 1 is 1.23 bits per heavy atom. The molecule has 0 aliphatic heterocycles. The molecule has 0 spiro atoms. The number of nitro groups is 1. The molecule has 0 fully saturated rings. The summed E-state index contributed by atoms with van der Waals surface area (Å²) in [5.41, 5.74) is 1.22. The highest BCUT2D eigenvalue weighted by molar-refractivity contribution is 6.07. The van der Waals surface area contributed by atoms with Crippen molar-refractivity contribution in [1.29, 1.82) is 5.26 Å². The number of hydrogen-bond donors (Lipinski definition) is 2. The minimum atomic E-state index is -0.738. The third-order valence-corrected chi connectivity index (χ3v) is 3.46. The lowest BCUT2D eigenvalue weighted by Crippen LogP contribution is -2.15. The van der Waals surface area contributed by atoms with Crippen molar-refractivity contribution in [2.24, 2.45) is 0 Å². The first-order chi connectivity index (χ1) is 12.4. The van der Waals surface area contributed by atoms with Gasteiger partial charge in [-0.2, -0.15) is 5.26 Å². The summed E-state index contributed by atoms with van der Waals surface area (Å²) in [5.74, 6) is -0.738. The zero-order valence-corrected chi connectivity index (χ0v) is 14.3. The molecule has 1 amide bonds. The molecule has 0 atom stereocenters. The Kier molecular flexibility index (Phi) is 5.90. The third kappa shape index (κ3) is 4.58. The number of benzene rings is 2. The standard InChI is InChI=1S/C18H17N5O3/c1-22(2)15-7-5-6-14(10-15)20-12-13(11-19)18(24)21-16-8-3-4-9-17(16)23(25)26/h3-10,12,20H,1-2H3,(H,21,24)/b13-12-. The minimum Gasteiger partial charge on any atom is -0.378 e. The number of carbonyl (C=O) groups excluding carboxylic acids is 1. The van der Waals surface area contributed by atoms with Gasteiger partial charge in [-0.3, -0.25) is 14.9 Å². The summed E-state index contributed by atoms with van der Waals surface area (Å²) in [4.78, 5) is 24.6. The number of nitrogens with one attached hydrogen (secondary N) is 2. The maximum absolute atomic E-state index is 12.2. The Hall–Kier alpha value is -3.86. The van der Waals surface area contributed by atoms with Crippen LogP contribution in [0.2, 0.25) is 0 Å². The maximum atomic E-state index is 12.2. The van der Waals surface area contributed by atoms with Crippen molar-refractivity contribution in [1.82, 2.24) is 0 Å². The highest BCUT2D eigenvalue weighted by Gasteiger charge is 2.17. The van der Waals surface area contributed by atoms with E-state index in [1.54, 1.807) is 18.2 Å². The van der Waals surface area contributed by atoms with Crippen LogP contribution >= 0.6 is 0 Å². The van der Waals surface area contributed by atoms with Crippen molar-refractivity contribution < 1.29 is 9.72 Å². The average molecular weight is 351 g/mol. The zero-order valence-electron chi connectivity index (χ0n) is 14.3. The number of rotatable bonds is 6. The van der Waals surface area contributed by atoms with Crippen molar-refractivity contribution in [3.63, 3.8) is 0 Å². The van der Waals surface area contributed by atoms with Crippen LogP contribution in [0.1, 0.15) is 0 Å². The summed E-state index contributed by atoms with van der Waals surface area (Å²) in [6, 6.07) is 14.9. The summed E-state index contributed by atoms with van der Waals surface area (Å²) in [7, 11) is 3.80. The first-order valence-corrected chi connectivity index (χ1v) is 7.61. The molecule has 0 bridgehead atoms. The van der Waals surface area contributed by atoms with Crippen LogP contribution in [0.15, 0.2) is 60.3 Å². The summed E-state index contributed by atoms with van der Waals surface area (Å²) >= 11 is 0. The Morgan fingerprint density at radius 3 is 2.62 bits per heavy atom. The fraction of sp³-hybridized carbons (Fsp3) is 0.111. The number of anilines is 3. The van der Waals surface area contributed by atoms with Crippen LogP contribution < -0.4 is 15.5 Å². The van der Waals surface area contributed by atoms with Gasteiger partial charge in [0.15, 0.2) is 0 Å². The molecule has 2 N–H and O–H groups in total. The largest absolute Gasteiger partial charge is 0.378 e. The highest BCUT2D eigenvalue weighted by Crippen LogP contribution is 2.23. The number of carbonyl (C=O) groups is 1. The van der Waals surface area contributed by atoms with Gasteiger partial charge in [-0.25, -0.2) is 0 Å². The second-order valence-corrected chi connectivity index (χ2v) is 5.49. The van der Waals surface area contributed by atoms with Crippen LogP contribution in [0.3, 0.4) is 0 Å². The topological polar surface area (TPSA) is 111 Å². The predicted octanol–water partition coefficient (Wildman–Crippen LogP) is 3.12. The fourth-order valence-corrected chi connectivity index (χ4v) is 2.11. The molecule has 0 aromatic heterocycles. The van der Waals surface area contributed by atoms with Crippen molar-refractivity contribution in [3.05, 3.63) is 70.4 Å². The number of para-hydroxylation sites is 2.